The van der Waals surface area contributed by atoms with Gasteiger partial charge in [-0.1, -0.05) is 30.3 Å². The Morgan fingerprint density at radius 1 is 1.24 bits per heavy atom. The molecule has 0 atom stereocenters. The second kappa shape index (κ2) is 5.72. The van der Waals surface area contributed by atoms with Crippen molar-refractivity contribution in [3.8, 4) is 10.4 Å². The molecule has 2 N–H and O–H groups in total. The van der Waals surface area contributed by atoms with Crippen LogP contribution < -0.4 is 0 Å². The van der Waals surface area contributed by atoms with Crippen LogP contribution in [0.1, 0.15) is 16.2 Å². The largest absolute Gasteiger partial charge is 0.507 e. The number of aromatic nitrogens is 3. The Bertz CT molecular complexity index is 776. The minimum atomic E-state index is -0.421. The van der Waals surface area contributed by atoms with Crippen LogP contribution in [0.15, 0.2) is 54.2 Å². The number of carbonyl (C=O) groups excluding carboxylic acids is 1. The van der Waals surface area contributed by atoms with E-state index in [1.54, 1.807) is 6.07 Å². The zero-order valence-corrected chi connectivity index (χ0v) is 11.7. The fourth-order valence-electron chi connectivity index (χ4n) is 1.92. The number of thiophene rings is 1. The molecule has 3 rings (SSSR count). The van der Waals surface area contributed by atoms with E-state index in [4.69, 9.17) is 0 Å². The maximum Gasteiger partial charge on any atom is 0.226 e. The van der Waals surface area contributed by atoms with Crippen molar-refractivity contribution in [2.75, 3.05) is 0 Å². The summed E-state index contributed by atoms with van der Waals surface area (Å²) in [6.45, 7) is 0. The van der Waals surface area contributed by atoms with E-state index < -0.39 is 5.78 Å². The fraction of sp³-hybridized carbons (Fsp3) is 0. The van der Waals surface area contributed by atoms with Gasteiger partial charge in [-0.2, -0.15) is 5.10 Å². The highest BCUT2D eigenvalue weighted by Gasteiger charge is 2.13. The number of rotatable bonds is 4. The molecule has 0 spiro atoms. The lowest BCUT2D eigenvalue weighted by molar-refractivity contribution is 0.103. The number of nitrogens with zero attached hydrogens (tertiary/aromatic N) is 2. The Kier molecular flexibility index (Phi) is 3.61. The highest BCUT2D eigenvalue weighted by Crippen LogP contribution is 2.33. The zero-order chi connectivity index (χ0) is 14.7. The summed E-state index contributed by atoms with van der Waals surface area (Å²) in [5.41, 5.74) is 1.62. The topological polar surface area (TPSA) is 78.9 Å². The molecule has 0 aliphatic rings. The standard InChI is InChI=1S/C15H11N3O2S/c19-12(8-13(20)15-16-9-17-18-15)11-6-7-21-14(11)10-4-2-1-3-5-10/h1-9,19H,(H,16,17,18). The summed E-state index contributed by atoms with van der Waals surface area (Å²) in [7, 11) is 0. The van der Waals surface area contributed by atoms with Crippen molar-refractivity contribution in [1.82, 2.24) is 15.2 Å². The number of benzene rings is 1. The van der Waals surface area contributed by atoms with Gasteiger partial charge in [0.15, 0.2) is 5.82 Å². The molecule has 6 heteroatoms. The van der Waals surface area contributed by atoms with E-state index >= 15 is 0 Å². The molecule has 0 unspecified atom stereocenters. The Hall–Kier alpha value is -2.73. The monoisotopic (exact) mass is 297 g/mol. The quantitative estimate of drug-likeness (QED) is 0.440. The number of allylic oxidation sites excluding steroid dienone is 1. The van der Waals surface area contributed by atoms with Gasteiger partial charge >= 0.3 is 0 Å². The minimum Gasteiger partial charge on any atom is -0.507 e. The number of H-pyrrole nitrogens is 1. The van der Waals surface area contributed by atoms with Crippen molar-refractivity contribution >= 4 is 22.9 Å². The first-order valence-corrected chi connectivity index (χ1v) is 7.07. The van der Waals surface area contributed by atoms with Crippen LogP contribution in [0.25, 0.3) is 16.2 Å². The molecular formula is C15H11N3O2S. The van der Waals surface area contributed by atoms with Crippen LogP contribution in [-0.2, 0) is 0 Å². The van der Waals surface area contributed by atoms with E-state index in [9.17, 15) is 9.90 Å². The molecule has 104 valence electrons. The number of nitrogens with one attached hydrogen (secondary N) is 1. The first kappa shape index (κ1) is 13.3. The van der Waals surface area contributed by atoms with Crippen molar-refractivity contribution in [3.05, 3.63) is 65.6 Å². The second-order valence-corrected chi connectivity index (χ2v) is 5.17. The first-order valence-electron chi connectivity index (χ1n) is 6.19. The molecule has 2 aromatic heterocycles. The van der Waals surface area contributed by atoms with Crippen LogP contribution in [-0.4, -0.2) is 26.1 Å². The number of hydrogen-bond donors (Lipinski definition) is 2. The maximum absolute atomic E-state index is 11.9. The smallest absolute Gasteiger partial charge is 0.226 e. The van der Waals surface area contributed by atoms with Crippen LogP contribution in [0.4, 0.5) is 0 Å². The van der Waals surface area contributed by atoms with Gasteiger partial charge in [-0.05, 0) is 17.0 Å². The van der Waals surface area contributed by atoms with E-state index in [1.165, 1.54) is 17.7 Å². The molecule has 0 saturated carbocycles. The van der Waals surface area contributed by atoms with Crippen LogP contribution >= 0.6 is 11.3 Å². The fourth-order valence-corrected chi connectivity index (χ4v) is 2.83. The van der Waals surface area contributed by atoms with Crippen LogP contribution in [0.3, 0.4) is 0 Å². The van der Waals surface area contributed by atoms with E-state index in [0.717, 1.165) is 16.5 Å². The van der Waals surface area contributed by atoms with E-state index in [2.05, 4.69) is 15.2 Å². The zero-order valence-electron chi connectivity index (χ0n) is 10.9. The van der Waals surface area contributed by atoms with E-state index in [-0.39, 0.29) is 11.6 Å². The van der Waals surface area contributed by atoms with Gasteiger partial charge in [-0.25, -0.2) is 4.98 Å². The Labute approximate surface area is 124 Å². The summed E-state index contributed by atoms with van der Waals surface area (Å²) in [4.78, 5) is 16.6. The first-order chi connectivity index (χ1) is 10.3. The number of aromatic amines is 1. The molecule has 0 saturated heterocycles. The molecular weight excluding hydrogens is 286 g/mol. The van der Waals surface area contributed by atoms with E-state index in [1.807, 2.05) is 35.7 Å². The molecule has 1 aromatic carbocycles. The summed E-state index contributed by atoms with van der Waals surface area (Å²) in [6.07, 6.45) is 2.40. The number of hydrogen-bond acceptors (Lipinski definition) is 5. The molecule has 0 fully saturated rings. The second-order valence-electron chi connectivity index (χ2n) is 4.26. The molecule has 5 nitrogen and oxygen atoms in total. The third kappa shape index (κ3) is 2.75. The number of ketones is 1. The van der Waals surface area contributed by atoms with Crippen molar-refractivity contribution in [2.24, 2.45) is 0 Å². The van der Waals surface area contributed by atoms with Crippen LogP contribution in [0, 0.1) is 0 Å². The third-order valence-electron chi connectivity index (χ3n) is 2.89. The van der Waals surface area contributed by atoms with Crippen LogP contribution in [0.5, 0.6) is 0 Å². The molecule has 0 radical (unpaired) electrons. The van der Waals surface area contributed by atoms with Crippen molar-refractivity contribution in [2.45, 2.75) is 0 Å². The Morgan fingerprint density at radius 3 is 2.76 bits per heavy atom. The van der Waals surface area contributed by atoms with Gasteiger partial charge < -0.3 is 5.11 Å². The van der Waals surface area contributed by atoms with Crippen molar-refractivity contribution < 1.29 is 9.90 Å². The number of aliphatic hydroxyl groups excluding tert-OH is 1. The van der Waals surface area contributed by atoms with Crippen molar-refractivity contribution in [1.29, 1.82) is 0 Å². The number of carbonyl (C=O) groups is 1. The van der Waals surface area contributed by atoms with E-state index in [0.29, 0.717) is 5.56 Å². The highest BCUT2D eigenvalue weighted by atomic mass is 32.1. The maximum atomic E-state index is 11.9. The van der Waals surface area contributed by atoms with Gasteiger partial charge in [0, 0.05) is 16.5 Å². The Morgan fingerprint density at radius 2 is 2.05 bits per heavy atom. The van der Waals surface area contributed by atoms with Gasteiger partial charge in [0.25, 0.3) is 0 Å². The molecule has 0 aliphatic heterocycles. The number of aliphatic hydroxyl groups is 1. The van der Waals surface area contributed by atoms with Gasteiger partial charge in [-0.3, -0.25) is 9.89 Å². The van der Waals surface area contributed by atoms with Gasteiger partial charge in [0.2, 0.25) is 5.78 Å². The molecule has 3 aromatic rings. The Balaban J connectivity index is 1.95. The van der Waals surface area contributed by atoms with Gasteiger partial charge in [-0.15, -0.1) is 11.3 Å². The molecule has 2 heterocycles. The predicted octanol–water partition coefficient (Wildman–Crippen LogP) is 3.32. The summed E-state index contributed by atoms with van der Waals surface area (Å²) in [5.74, 6) is -0.412. The summed E-state index contributed by atoms with van der Waals surface area (Å²) in [6, 6.07) is 11.5. The molecule has 21 heavy (non-hydrogen) atoms. The molecule has 0 bridgehead atoms. The summed E-state index contributed by atoms with van der Waals surface area (Å²) >= 11 is 1.51. The lowest BCUT2D eigenvalue weighted by Gasteiger charge is -2.03. The summed E-state index contributed by atoms with van der Waals surface area (Å²) in [5, 5.41) is 18.2. The lowest BCUT2D eigenvalue weighted by Crippen LogP contribution is -1.99. The molecule has 0 aliphatic carbocycles. The van der Waals surface area contributed by atoms with Gasteiger partial charge in [0.05, 0.1) is 0 Å². The lowest BCUT2D eigenvalue weighted by atomic mass is 10.1. The minimum absolute atomic E-state index is 0.0866. The molecule has 0 amide bonds. The van der Waals surface area contributed by atoms with Crippen LogP contribution in [0.2, 0.25) is 0 Å². The highest BCUT2D eigenvalue weighted by molar-refractivity contribution is 7.13. The van der Waals surface area contributed by atoms with Gasteiger partial charge in [0.1, 0.15) is 12.1 Å². The average molecular weight is 297 g/mol. The third-order valence-corrected chi connectivity index (χ3v) is 3.86. The summed E-state index contributed by atoms with van der Waals surface area (Å²) < 4.78 is 0. The SMILES string of the molecule is O=C(C=C(O)c1ccsc1-c1ccccc1)c1ncn[nH]1. The average Bonchev–Trinajstić information content (AvgIpc) is 3.19. The predicted molar refractivity (Wildman–Crippen MR) is 81.1 cm³/mol. The van der Waals surface area contributed by atoms with Crippen molar-refractivity contribution in [3.63, 3.8) is 0 Å². The normalized spacial score (nSPS) is 11.5.